The van der Waals surface area contributed by atoms with Crippen LogP contribution in [0.25, 0.3) is 33.7 Å². The number of rotatable bonds is 6. The van der Waals surface area contributed by atoms with Crippen LogP contribution in [-0.2, 0) is 9.53 Å². The maximum Gasteiger partial charge on any atom is 0.338 e. The molecule has 5 aromatic rings. The molecular weight excluding hydrogens is 450 g/mol. The molecule has 0 saturated heterocycles. The lowest BCUT2D eigenvalue weighted by molar-refractivity contribution is -0.123. The highest BCUT2D eigenvalue weighted by molar-refractivity contribution is 7.14. The summed E-state index contributed by atoms with van der Waals surface area (Å²) < 4.78 is 5.38. The quantitative estimate of drug-likeness (QED) is 0.341. The average molecular weight is 470 g/mol. The minimum absolute atomic E-state index is 0.314. The van der Waals surface area contributed by atoms with E-state index in [-0.39, 0.29) is 0 Å². The molecule has 8 nitrogen and oxygen atoms in total. The number of hydrogen-bond acceptors (Lipinski definition) is 7. The largest absolute Gasteiger partial charge is 0.449 e. The number of imidazole rings is 1. The van der Waals surface area contributed by atoms with Gasteiger partial charge in [0.05, 0.1) is 22.3 Å². The van der Waals surface area contributed by atoms with Gasteiger partial charge < -0.3 is 9.72 Å². The molecule has 0 fully saturated rings. The van der Waals surface area contributed by atoms with Gasteiger partial charge in [0, 0.05) is 28.9 Å². The van der Waals surface area contributed by atoms with Crippen molar-refractivity contribution in [1.29, 1.82) is 0 Å². The summed E-state index contributed by atoms with van der Waals surface area (Å²) in [6.45, 7) is 1.52. The fourth-order valence-electron chi connectivity index (χ4n) is 3.34. The first-order chi connectivity index (χ1) is 16.6. The van der Waals surface area contributed by atoms with Crippen molar-refractivity contribution in [1.82, 2.24) is 19.9 Å². The third-order valence-corrected chi connectivity index (χ3v) is 5.87. The van der Waals surface area contributed by atoms with Crippen molar-refractivity contribution in [2.75, 3.05) is 5.32 Å². The first-order valence-electron chi connectivity index (χ1n) is 10.5. The van der Waals surface area contributed by atoms with Crippen molar-refractivity contribution >= 4 is 39.4 Å². The van der Waals surface area contributed by atoms with E-state index in [2.05, 4.69) is 25.3 Å². The lowest BCUT2D eigenvalue weighted by Crippen LogP contribution is -2.29. The lowest BCUT2D eigenvalue weighted by atomic mass is 10.2. The number of ether oxygens (including phenoxy) is 1. The number of pyridine rings is 1. The van der Waals surface area contributed by atoms with E-state index in [1.807, 2.05) is 47.8 Å². The standard InChI is InChI=1S/C25H19N5O3S/c1-15(23(31)30-25-29-21(14-34-25)16-6-3-2-4-7-16)33-24(32)17-9-10-19-20(12-17)28-22(27-19)18-8-5-11-26-13-18/h2-15H,1H3,(H,27,28)(H,29,30,31). The van der Waals surface area contributed by atoms with E-state index in [1.165, 1.54) is 18.3 Å². The number of benzene rings is 2. The summed E-state index contributed by atoms with van der Waals surface area (Å²) in [4.78, 5) is 41.5. The van der Waals surface area contributed by atoms with E-state index in [4.69, 9.17) is 4.74 Å². The van der Waals surface area contributed by atoms with Crippen LogP contribution < -0.4 is 5.32 Å². The summed E-state index contributed by atoms with van der Waals surface area (Å²) >= 11 is 1.31. The van der Waals surface area contributed by atoms with Crippen molar-refractivity contribution in [3.63, 3.8) is 0 Å². The Hall–Kier alpha value is -4.37. The van der Waals surface area contributed by atoms with Gasteiger partial charge in [0.1, 0.15) is 5.82 Å². The molecule has 1 amide bonds. The number of nitrogens with zero attached hydrogens (tertiary/aromatic N) is 3. The van der Waals surface area contributed by atoms with Crippen molar-refractivity contribution in [3.8, 4) is 22.6 Å². The first kappa shape index (κ1) is 21.5. The number of H-pyrrole nitrogens is 1. The number of hydrogen-bond donors (Lipinski definition) is 2. The number of aromatic amines is 1. The van der Waals surface area contributed by atoms with E-state index < -0.39 is 18.0 Å². The van der Waals surface area contributed by atoms with Gasteiger partial charge in [-0.05, 0) is 37.3 Å². The van der Waals surface area contributed by atoms with Crippen LogP contribution in [0.3, 0.4) is 0 Å². The average Bonchev–Trinajstić information content (AvgIpc) is 3.51. The minimum atomic E-state index is -1.00. The topological polar surface area (TPSA) is 110 Å². The van der Waals surface area contributed by atoms with Gasteiger partial charge in [0.2, 0.25) is 0 Å². The van der Waals surface area contributed by atoms with Gasteiger partial charge in [-0.1, -0.05) is 30.3 Å². The predicted octanol–water partition coefficient (Wildman–Crippen LogP) is 4.93. The molecule has 0 aliphatic rings. The van der Waals surface area contributed by atoms with Crippen LogP contribution in [0.1, 0.15) is 17.3 Å². The summed E-state index contributed by atoms with van der Waals surface area (Å²) in [6, 6.07) is 18.4. The Morgan fingerprint density at radius 1 is 1.03 bits per heavy atom. The summed E-state index contributed by atoms with van der Waals surface area (Å²) in [6.07, 6.45) is 2.40. The normalized spacial score (nSPS) is 11.8. The molecule has 0 radical (unpaired) electrons. The van der Waals surface area contributed by atoms with Crippen molar-refractivity contribution in [2.24, 2.45) is 0 Å². The smallest absolute Gasteiger partial charge is 0.338 e. The number of esters is 1. The van der Waals surface area contributed by atoms with Crippen LogP contribution in [0, 0.1) is 0 Å². The van der Waals surface area contributed by atoms with Crippen LogP contribution in [0.2, 0.25) is 0 Å². The number of carbonyl (C=O) groups excluding carboxylic acids is 2. The monoisotopic (exact) mass is 469 g/mol. The fourth-order valence-corrected chi connectivity index (χ4v) is 4.06. The molecule has 5 rings (SSSR count). The molecule has 0 aliphatic heterocycles. The highest BCUT2D eigenvalue weighted by Gasteiger charge is 2.21. The third kappa shape index (κ3) is 4.55. The van der Waals surface area contributed by atoms with Crippen LogP contribution >= 0.6 is 11.3 Å². The Kier molecular flexibility index (Phi) is 5.84. The Morgan fingerprint density at radius 2 is 1.85 bits per heavy atom. The molecule has 1 unspecified atom stereocenters. The molecule has 3 heterocycles. The lowest BCUT2D eigenvalue weighted by Gasteiger charge is -2.12. The molecule has 34 heavy (non-hydrogen) atoms. The highest BCUT2D eigenvalue weighted by Crippen LogP contribution is 2.25. The summed E-state index contributed by atoms with van der Waals surface area (Å²) in [5, 5.41) is 5.01. The molecule has 0 bridgehead atoms. The number of amides is 1. The Balaban J connectivity index is 1.24. The highest BCUT2D eigenvalue weighted by atomic mass is 32.1. The molecule has 2 aromatic carbocycles. The van der Waals surface area contributed by atoms with Gasteiger partial charge in [0.15, 0.2) is 11.2 Å². The van der Waals surface area contributed by atoms with Gasteiger partial charge >= 0.3 is 5.97 Å². The zero-order valence-electron chi connectivity index (χ0n) is 18.1. The molecule has 0 saturated carbocycles. The number of anilines is 1. The zero-order valence-corrected chi connectivity index (χ0v) is 18.9. The number of nitrogens with one attached hydrogen (secondary N) is 2. The number of carbonyl (C=O) groups is 2. The van der Waals surface area contributed by atoms with E-state index in [0.29, 0.717) is 27.6 Å². The number of aromatic nitrogens is 4. The van der Waals surface area contributed by atoms with Gasteiger partial charge in [0.25, 0.3) is 5.91 Å². The molecule has 0 aliphatic carbocycles. The summed E-state index contributed by atoms with van der Waals surface area (Å²) in [7, 11) is 0. The van der Waals surface area contributed by atoms with Gasteiger partial charge in [-0.15, -0.1) is 11.3 Å². The van der Waals surface area contributed by atoms with Crippen molar-refractivity contribution in [2.45, 2.75) is 13.0 Å². The molecule has 3 aromatic heterocycles. The van der Waals surface area contributed by atoms with E-state index >= 15 is 0 Å². The molecule has 168 valence electrons. The van der Waals surface area contributed by atoms with Crippen LogP contribution in [-0.4, -0.2) is 37.9 Å². The summed E-state index contributed by atoms with van der Waals surface area (Å²) in [5.41, 5.74) is 4.27. The van der Waals surface area contributed by atoms with E-state index in [1.54, 1.807) is 30.6 Å². The number of fused-ring (bicyclic) bond motifs is 1. The molecular formula is C25H19N5O3S. The first-order valence-corrected chi connectivity index (χ1v) is 11.4. The summed E-state index contributed by atoms with van der Waals surface area (Å²) in [5.74, 6) is -0.408. The number of thiazole rings is 1. The van der Waals surface area contributed by atoms with Crippen LogP contribution in [0.5, 0.6) is 0 Å². The zero-order chi connectivity index (χ0) is 23.5. The molecule has 0 spiro atoms. The second-order valence-corrected chi connectivity index (χ2v) is 8.36. The SMILES string of the molecule is CC(OC(=O)c1ccc2nc(-c3cccnc3)[nH]c2c1)C(=O)Nc1nc(-c2ccccc2)cs1. The Labute approximate surface area is 198 Å². The van der Waals surface area contributed by atoms with Gasteiger partial charge in [-0.25, -0.2) is 14.8 Å². The van der Waals surface area contributed by atoms with E-state index in [9.17, 15) is 9.59 Å². The molecule has 1 atom stereocenters. The second kappa shape index (κ2) is 9.24. The van der Waals surface area contributed by atoms with Gasteiger partial charge in [-0.3, -0.25) is 15.1 Å². The third-order valence-electron chi connectivity index (χ3n) is 5.11. The van der Waals surface area contributed by atoms with Crippen LogP contribution in [0.4, 0.5) is 5.13 Å². The van der Waals surface area contributed by atoms with Crippen molar-refractivity contribution in [3.05, 3.63) is 84.0 Å². The minimum Gasteiger partial charge on any atom is -0.449 e. The van der Waals surface area contributed by atoms with Crippen LogP contribution in [0.15, 0.2) is 78.4 Å². The van der Waals surface area contributed by atoms with Gasteiger partial charge in [-0.2, -0.15) is 0 Å². The molecule has 2 N–H and O–H groups in total. The maximum atomic E-state index is 12.7. The second-order valence-electron chi connectivity index (χ2n) is 7.50. The Morgan fingerprint density at radius 3 is 2.65 bits per heavy atom. The van der Waals surface area contributed by atoms with E-state index in [0.717, 1.165) is 16.8 Å². The predicted molar refractivity (Wildman–Crippen MR) is 130 cm³/mol. The van der Waals surface area contributed by atoms with Crippen molar-refractivity contribution < 1.29 is 14.3 Å². The Bertz CT molecular complexity index is 1460. The fraction of sp³-hybridized carbons (Fsp3) is 0.0800. The maximum absolute atomic E-state index is 12.7. The molecule has 9 heteroatoms.